The van der Waals surface area contributed by atoms with E-state index in [1.54, 1.807) is 20.8 Å². The lowest BCUT2D eigenvalue weighted by atomic mass is 10.0. The van der Waals surface area contributed by atoms with Crippen molar-refractivity contribution < 1.29 is 19.1 Å². The Balaban J connectivity index is 2.42. The van der Waals surface area contributed by atoms with Crippen LogP contribution in [0.5, 0.6) is 5.75 Å². The molecule has 0 N–H and O–H groups in total. The van der Waals surface area contributed by atoms with Gasteiger partial charge in [-0.25, -0.2) is 4.79 Å². The highest BCUT2D eigenvalue weighted by Crippen LogP contribution is 2.39. The van der Waals surface area contributed by atoms with Gasteiger partial charge < -0.3 is 9.47 Å². The molecule has 1 atom stereocenters. The van der Waals surface area contributed by atoms with E-state index in [-0.39, 0.29) is 5.91 Å². The van der Waals surface area contributed by atoms with Gasteiger partial charge in [-0.05, 0) is 51.8 Å². The summed E-state index contributed by atoms with van der Waals surface area (Å²) >= 11 is 0. The Hall–Kier alpha value is -2.04. The Bertz CT molecular complexity index is 594. The minimum Gasteiger partial charge on any atom is -0.476 e. The van der Waals surface area contributed by atoms with Gasteiger partial charge in [0.15, 0.2) is 5.60 Å². The van der Waals surface area contributed by atoms with Crippen LogP contribution in [0, 0.1) is 6.92 Å². The standard InChI is InChI=1S/C17H23NO4/c1-6-9-21-15(19)12(3)18-13-10-11(2)7-8-14(13)22-17(4,5)16(18)20/h7-8,10,12H,6,9H2,1-5H3. The number of benzene rings is 1. The van der Waals surface area contributed by atoms with Crippen molar-refractivity contribution in [2.24, 2.45) is 0 Å². The zero-order chi connectivity index (χ0) is 16.5. The molecular weight excluding hydrogens is 282 g/mol. The van der Waals surface area contributed by atoms with Gasteiger partial charge in [-0.3, -0.25) is 9.69 Å². The molecule has 5 nitrogen and oxygen atoms in total. The maximum atomic E-state index is 12.7. The molecule has 5 heteroatoms. The third-order valence-corrected chi connectivity index (χ3v) is 3.65. The van der Waals surface area contributed by atoms with Crippen molar-refractivity contribution in [1.82, 2.24) is 0 Å². The van der Waals surface area contributed by atoms with Crippen molar-refractivity contribution in [3.63, 3.8) is 0 Å². The van der Waals surface area contributed by atoms with Gasteiger partial charge in [0, 0.05) is 0 Å². The molecule has 120 valence electrons. The first kappa shape index (κ1) is 16.3. The number of carbonyl (C=O) groups is 2. The fourth-order valence-corrected chi connectivity index (χ4v) is 2.43. The van der Waals surface area contributed by atoms with Crippen molar-refractivity contribution in [3.05, 3.63) is 23.8 Å². The summed E-state index contributed by atoms with van der Waals surface area (Å²) < 4.78 is 11.0. The third-order valence-electron chi connectivity index (χ3n) is 3.65. The first-order valence-electron chi connectivity index (χ1n) is 7.58. The van der Waals surface area contributed by atoms with Gasteiger partial charge in [0.1, 0.15) is 11.8 Å². The lowest BCUT2D eigenvalue weighted by molar-refractivity contribution is -0.147. The SMILES string of the molecule is CCCOC(=O)C(C)N1C(=O)C(C)(C)Oc2ccc(C)cc21. The van der Waals surface area contributed by atoms with Gasteiger partial charge in [0.2, 0.25) is 0 Å². The summed E-state index contributed by atoms with van der Waals surface area (Å²) in [7, 11) is 0. The number of hydrogen-bond donors (Lipinski definition) is 0. The fourth-order valence-electron chi connectivity index (χ4n) is 2.43. The smallest absolute Gasteiger partial charge is 0.328 e. The van der Waals surface area contributed by atoms with E-state index in [4.69, 9.17) is 9.47 Å². The topological polar surface area (TPSA) is 55.8 Å². The van der Waals surface area contributed by atoms with Gasteiger partial charge in [-0.15, -0.1) is 0 Å². The minimum absolute atomic E-state index is 0.244. The number of rotatable bonds is 4. The molecule has 0 saturated carbocycles. The summed E-state index contributed by atoms with van der Waals surface area (Å²) in [5.41, 5.74) is 0.598. The second-order valence-electron chi connectivity index (χ2n) is 6.10. The molecule has 1 unspecified atom stereocenters. The Morgan fingerprint density at radius 3 is 2.73 bits per heavy atom. The van der Waals surface area contributed by atoms with Gasteiger partial charge in [0.25, 0.3) is 5.91 Å². The molecule has 1 aliphatic rings. The highest BCUT2D eigenvalue weighted by atomic mass is 16.5. The van der Waals surface area contributed by atoms with Gasteiger partial charge in [-0.2, -0.15) is 0 Å². The zero-order valence-electron chi connectivity index (χ0n) is 13.8. The van der Waals surface area contributed by atoms with E-state index in [0.717, 1.165) is 12.0 Å². The average Bonchev–Trinajstić information content (AvgIpc) is 2.46. The highest BCUT2D eigenvalue weighted by Gasteiger charge is 2.44. The van der Waals surface area contributed by atoms with Crippen LogP contribution >= 0.6 is 0 Å². The maximum absolute atomic E-state index is 12.7. The summed E-state index contributed by atoms with van der Waals surface area (Å²) in [6.45, 7) is 9.31. The summed E-state index contributed by atoms with van der Waals surface area (Å²) in [5.74, 6) is -0.0442. The van der Waals surface area contributed by atoms with Crippen LogP contribution in [0.15, 0.2) is 18.2 Å². The first-order chi connectivity index (χ1) is 10.3. The lowest BCUT2D eigenvalue weighted by Gasteiger charge is -2.40. The molecule has 1 heterocycles. The number of amides is 1. The maximum Gasteiger partial charge on any atom is 0.328 e. The second kappa shape index (κ2) is 5.99. The number of esters is 1. The number of anilines is 1. The molecule has 0 aliphatic carbocycles. The minimum atomic E-state index is -1.01. The van der Waals surface area contributed by atoms with Crippen LogP contribution in [0.3, 0.4) is 0 Å². The summed E-state index contributed by atoms with van der Waals surface area (Å²) in [6, 6.07) is 4.91. The largest absolute Gasteiger partial charge is 0.476 e. The number of hydrogen-bond acceptors (Lipinski definition) is 4. The first-order valence-corrected chi connectivity index (χ1v) is 7.58. The molecule has 1 amide bonds. The Morgan fingerprint density at radius 2 is 2.09 bits per heavy atom. The van der Waals surface area contributed by atoms with Crippen LogP contribution in [-0.4, -0.2) is 30.1 Å². The number of carbonyl (C=O) groups excluding carboxylic acids is 2. The molecule has 0 fully saturated rings. The molecule has 22 heavy (non-hydrogen) atoms. The van der Waals surface area contributed by atoms with E-state index in [0.29, 0.717) is 18.0 Å². The summed E-state index contributed by atoms with van der Waals surface area (Å²) in [6.07, 6.45) is 0.747. The Kier molecular flexibility index (Phi) is 4.44. The van der Waals surface area contributed by atoms with Gasteiger partial charge in [0.05, 0.1) is 12.3 Å². The molecule has 0 bridgehead atoms. The van der Waals surface area contributed by atoms with Gasteiger partial charge in [-0.1, -0.05) is 13.0 Å². The average molecular weight is 305 g/mol. The van der Waals surface area contributed by atoms with E-state index in [1.165, 1.54) is 4.90 Å². The monoisotopic (exact) mass is 305 g/mol. The van der Waals surface area contributed by atoms with E-state index >= 15 is 0 Å². The van der Waals surface area contributed by atoms with Crippen molar-refractivity contribution in [1.29, 1.82) is 0 Å². The van der Waals surface area contributed by atoms with Crippen LogP contribution in [0.4, 0.5) is 5.69 Å². The molecule has 0 saturated heterocycles. The Labute approximate surface area is 131 Å². The van der Waals surface area contributed by atoms with Crippen molar-refractivity contribution in [2.45, 2.75) is 52.7 Å². The molecule has 1 aromatic rings. The van der Waals surface area contributed by atoms with Crippen molar-refractivity contribution in [2.75, 3.05) is 11.5 Å². The second-order valence-corrected chi connectivity index (χ2v) is 6.10. The van der Waals surface area contributed by atoms with Crippen LogP contribution in [0.25, 0.3) is 0 Å². The van der Waals surface area contributed by atoms with E-state index in [9.17, 15) is 9.59 Å². The number of ether oxygens (including phenoxy) is 2. The molecule has 0 spiro atoms. The molecule has 2 rings (SSSR count). The van der Waals surface area contributed by atoms with E-state index in [1.807, 2.05) is 32.0 Å². The van der Waals surface area contributed by atoms with Crippen molar-refractivity contribution in [3.8, 4) is 5.75 Å². The summed E-state index contributed by atoms with van der Waals surface area (Å²) in [5, 5.41) is 0. The number of fused-ring (bicyclic) bond motifs is 1. The van der Waals surface area contributed by atoms with Crippen LogP contribution in [0.1, 0.15) is 39.7 Å². The van der Waals surface area contributed by atoms with Crippen LogP contribution in [0.2, 0.25) is 0 Å². The van der Waals surface area contributed by atoms with Crippen molar-refractivity contribution >= 4 is 17.6 Å². The lowest BCUT2D eigenvalue weighted by Crippen LogP contribution is -2.57. The van der Waals surface area contributed by atoms with E-state index in [2.05, 4.69) is 0 Å². The molecule has 0 radical (unpaired) electrons. The van der Waals surface area contributed by atoms with E-state index < -0.39 is 17.6 Å². The van der Waals surface area contributed by atoms with Crippen LogP contribution < -0.4 is 9.64 Å². The predicted molar refractivity (Wildman–Crippen MR) is 84.1 cm³/mol. The zero-order valence-corrected chi connectivity index (χ0v) is 13.8. The summed E-state index contributed by atoms with van der Waals surface area (Å²) in [4.78, 5) is 26.4. The fraction of sp³-hybridized carbons (Fsp3) is 0.529. The molecule has 1 aromatic carbocycles. The molecular formula is C17H23NO4. The predicted octanol–water partition coefficient (Wildman–Crippen LogP) is 2.84. The highest BCUT2D eigenvalue weighted by molar-refractivity contribution is 6.06. The number of nitrogens with zero attached hydrogens (tertiary/aromatic N) is 1. The Morgan fingerprint density at radius 1 is 1.41 bits per heavy atom. The molecule has 1 aliphatic heterocycles. The molecule has 0 aromatic heterocycles. The van der Waals surface area contributed by atoms with Gasteiger partial charge >= 0.3 is 5.97 Å². The number of aryl methyl sites for hydroxylation is 1. The normalized spacial score (nSPS) is 17.5. The van der Waals surface area contributed by atoms with Crippen LogP contribution in [-0.2, 0) is 14.3 Å². The quantitative estimate of drug-likeness (QED) is 0.803. The third kappa shape index (κ3) is 2.93.